The molecule has 0 heterocycles. The van der Waals surface area contributed by atoms with Crippen molar-refractivity contribution in [2.75, 3.05) is 33.4 Å². The molecule has 21 heavy (non-hydrogen) atoms. The first-order valence-electron chi connectivity index (χ1n) is 7.36. The average Bonchev–Trinajstić information content (AvgIpc) is 2.51. The van der Waals surface area contributed by atoms with E-state index in [1.807, 2.05) is 38.1 Å². The van der Waals surface area contributed by atoms with Gasteiger partial charge in [0, 0.05) is 31.1 Å². The van der Waals surface area contributed by atoms with Gasteiger partial charge in [-0.25, -0.2) is 0 Å². The van der Waals surface area contributed by atoms with Crippen LogP contribution in [-0.2, 0) is 11.3 Å². The number of nitrogens with one attached hydrogen (secondary N) is 1. The fourth-order valence-electron chi connectivity index (χ4n) is 2.19. The van der Waals surface area contributed by atoms with E-state index in [-0.39, 0.29) is 18.4 Å². The van der Waals surface area contributed by atoms with Crippen molar-refractivity contribution >= 4 is 5.91 Å². The number of para-hydroxylation sites is 1. The number of carbonyl (C=O) groups is 1. The number of amides is 1. The molecule has 1 aromatic rings. The molecule has 0 aromatic heterocycles. The molecule has 1 rings (SSSR count). The van der Waals surface area contributed by atoms with Gasteiger partial charge in [0.15, 0.2) is 0 Å². The summed E-state index contributed by atoms with van der Waals surface area (Å²) < 4.78 is 5.32. The molecule has 5 nitrogen and oxygen atoms in total. The molecule has 0 saturated heterocycles. The monoisotopic (exact) mass is 294 g/mol. The predicted molar refractivity (Wildman–Crippen MR) is 83.2 cm³/mol. The van der Waals surface area contributed by atoms with E-state index in [1.54, 1.807) is 12.0 Å². The molecular weight excluding hydrogens is 268 g/mol. The second-order valence-corrected chi connectivity index (χ2v) is 5.00. The van der Waals surface area contributed by atoms with Crippen molar-refractivity contribution in [3.8, 4) is 5.75 Å². The van der Waals surface area contributed by atoms with Gasteiger partial charge >= 0.3 is 0 Å². The van der Waals surface area contributed by atoms with E-state index in [4.69, 9.17) is 4.74 Å². The number of nitrogens with zero attached hydrogens (tertiary/aromatic N) is 1. The van der Waals surface area contributed by atoms with Crippen molar-refractivity contribution in [1.82, 2.24) is 10.2 Å². The first-order chi connectivity index (χ1) is 10.1. The van der Waals surface area contributed by atoms with Gasteiger partial charge in [-0.1, -0.05) is 32.0 Å². The second-order valence-electron chi connectivity index (χ2n) is 5.00. The van der Waals surface area contributed by atoms with E-state index in [2.05, 4.69) is 5.32 Å². The van der Waals surface area contributed by atoms with Crippen molar-refractivity contribution < 1.29 is 14.6 Å². The average molecular weight is 294 g/mol. The highest BCUT2D eigenvalue weighted by Gasteiger charge is 2.21. The Bertz CT molecular complexity index is 437. The van der Waals surface area contributed by atoms with Gasteiger partial charge in [0.1, 0.15) is 5.75 Å². The maximum Gasteiger partial charge on any atom is 0.227 e. The number of aliphatic hydroxyl groups is 1. The van der Waals surface area contributed by atoms with Gasteiger partial charge in [-0.05, 0) is 12.6 Å². The maximum atomic E-state index is 12.5. The molecule has 118 valence electrons. The summed E-state index contributed by atoms with van der Waals surface area (Å²) in [5, 5.41) is 12.4. The van der Waals surface area contributed by atoms with E-state index in [1.165, 1.54) is 0 Å². The standard InChI is InChI=1S/C16H26N2O3/c1-4-17-11-13(2)16(20)18(9-10-19)12-14-7-5-6-8-15(14)21-3/h5-8,13,17,19H,4,9-12H2,1-3H3. The summed E-state index contributed by atoms with van der Waals surface area (Å²) >= 11 is 0. The van der Waals surface area contributed by atoms with Crippen molar-refractivity contribution in [2.45, 2.75) is 20.4 Å². The smallest absolute Gasteiger partial charge is 0.227 e. The number of benzene rings is 1. The Morgan fingerprint density at radius 3 is 2.76 bits per heavy atom. The quantitative estimate of drug-likeness (QED) is 0.720. The van der Waals surface area contributed by atoms with Gasteiger partial charge in [0.25, 0.3) is 0 Å². The molecule has 2 N–H and O–H groups in total. The number of methoxy groups -OCH3 is 1. The third-order valence-electron chi connectivity index (χ3n) is 3.36. The van der Waals surface area contributed by atoms with Gasteiger partial charge in [0.2, 0.25) is 5.91 Å². The van der Waals surface area contributed by atoms with Crippen LogP contribution in [0.25, 0.3) is 0 Å². The van der Waals surface area contributed by atoms with Crippen molar-refractivity contribution in [3.63, 3.8) is 0 Å². The van der Waals surface area contributed by atoms with E-state index in [9.17, 15) is 9.90 Å². The minimum Gasteiger partial charge on any atom is -0.496 e. The Kier molecular flexibility index (Phi) is 7.79. The molecule has 5 heteroatoms. The lowest BCUT2D eigenvalue weighted by Gasteiger charge is -2.26. The molecular formula is C16H26N2O3. The largest absolute Gasteiger partial charge is 0.496 e. The molecule has 1 amide bonds. The molecule has 1 aromatic carbocycles. The summed E-state index contributed by atoms with van der Waals surface area (Å²) in [6.45, 7) is 6.12. The number of rotatable bonds is 9. The summed E-state index contributed by atoms with van der Waals surface area (Å²) in [5.74, 6) is 0.676. The predicted octanol–water partition coefficient (Wildman–Crippen LogP) is 1.26. The molecule has 0 saturated carbocycles. The highest BCUT2D eigenvalue weighted by Crippen LogP contribution is 2.20. The highest BCUT2D eigenvalue weighted by atomic mass is 16.5. The maximum absolute atomic E-state index is 12.5. The number of aliphatic hydroxyl groups excluding tert-OH is 1. The molecule has 0 aliphatic carbocycles. The molecule has 1 atom stereocenters. The van der Waals surface area contributed by atoms with Gasteiger partial charge < -0.3 is 20.1 Å². The minimum absolute atomic E-state index is 0.0379. The van der Waals surface area contributed by atoms with E-state index < -0.39 is 0 Å². The lowest BCUT2D eigenvalue weighted by molar-refractivity contribution is -0.136. The van der Waals surface area contributed by atoms with E-state index in [0.29, 0.717) is 19.6 Å². The zero-order chi connectivity index (χ0) is 15.7. The molecule has 0 radical (unpaired) electrons. The summed E-state index contributed by atoms with van der Waals surface area (Å²) in [6.07, 6.45) is 0. The van der Waals surface area contributed by atoms with Crippen molar-refractivity contribution in [1.29, 1.82) is 0 Å². The van der Waals surface area contributed by atoms with Crippen LogP contribution in [-0.4, -0.2) is 49.3 Å². The summed E-state index contributed by atoms with van der Waals surface area (Å²) in [7, 11) is 1.62. The molecule has 0 fully saturated rings. The lowest BCUT2D eigenvalue weighted by Crippen LogP contribution is -2.40. The number of ether oxygens (including phenoxy) is 1. The highest BCUT2D eigenvalue weighted by molar-refractivity contribution is 5.78. The minimum atomic E-state index is -0.119. The van der Waals surface area contributed by atoms with Gasteiger partial charge in [-0.3, -0.25) is 4.79 Å². The Labute approximate surface area is 126 Å². The van der Waals surface area contributed by atoms with Crippen LogP contribution in [0.1, 0.15) is 19.4 Å². The van der Waals surface area contributed by atoms with Crippen LogP contribution in [0.15, 0.2) is 24.3 Å². The van der Waals surface area contributed by atoms with Crippen LogP contribution in [0.5, 0.6) is 5.75 Å². The van der Waals surface area contributed by atoms with Crippen LogP contribution < -0.4 is 10.1 Å². The topological polar surface area (TPSA) is 61.8 Å². The van der Waals surface area contributed by atoms with E-state index in [0.717, 1.165) is 17.9 Å². The van der Waals surface area contributed by atoms with Crippen LogP contribution >= 0.6 is 0 Å². The Morgan fingerprint density at radius 1 is 1.43 bits per heavy atom. The van der Waals surface area contributed by atoms with Gasteiger partial charge in [-0.15, -0.1) is 0 Å². The number of hydrogen-bond donors (Lipinski definition) is 2. The Morgan fingerprint density at radius 2 is 2.14 bits per heavy atom. The number of carbonyl (C=O) groups excluding carboxylic acids is 1. The normalized spacial score (nSPS) is 12.0. The second kappa shape index (κ2) is 9.37. The third-order valence-corrected chi connectivity index (χ3v) is 3.36. The van der Waals surface area contributed by atoms with Crippen LogP contribution in [0.3, 0.4) is 0 Å². The van der Waals surface area contributed by atoms with Crippen LogP contribution in [0, 0.1) is 5.92 Å². The summed E-state index contributed by atoms with van der Waals surface area (Å²) in [6, 6.07) is 7.63. The van der Waals surface area contributed by atoms with Crippen molar-refractivity contribution in [2.24, 2.45) is 5.92 Å². The molecule has 0 aliphatic heterocycles. The van der Waals surface area contributed by atoms with Crippen molar-refractivity contribution in [3.05, 3.63) is 29.8 Å². The molecule has 1 unspecified atom stereocenters. The molecule has 0 bridgehead atoms. The zero-order valence-electron chi connectivity index (χ0n) is 13.1. The van der Waals surface area contributed by atoms with Gasteiger partial charge in [-0.2, -0.15) is 0 Å². The fourth-order valence-corrected chi connectivity index (χ4v) is 2.19. The first kappa shape index (κ1) is 17.5. The molecule has 0 spiro atoms. The van der Waals surface area contributed by atoms with Crippen LogP contribution in [0.4, 0.5) is 0 Å². The van der Waals surface area contributed by atoms with Crippen LogP contribution in [0.2, 0.25) is 0 Å². The summed E-state index contributed by atoms with van der Waals surface area (Å²) in [4.78, 5) is 14.2. The zero-order valence-corrected chi connectivity index (χ0v) is 13.1. The first-order valence-corrected chi connectivity index (χ1v) is 7.36. The van der Waals surface area contributed by atoms with Gasteiger partial charge in [0.05, 0.1) is 13.7 Å². The molecule has 0 aliphatic rings. The SMILES string of the molecule is CCNCC(C)C(=O)N(CCO)Cc1ccccc1OC. The third kappa shape index (κ3) is 5.36. The van der Waals surface area contributed by atoms with E-state index >= 15 is 0 Å². The fraction of sp³-hybridized carbons (Fsp3) is 0.562. The summed E-state index contributed by atoms with van der Waals surface area (Å²) in [5.41, 5.74) is 0.942. The Hall–Kier alpha value is -1.59. The number of hydrogen-bond acceptors (Lipinski definition) is 4. The lowest BCUT2D eigenvalue weighted by atomic mass is 10.1. The Balaban J connectivity index is 2.79.